The maximum atomic E-state index is 6.67. The summed E-state index contributed by atoms with van der Waals surface area (Å²) >= 11 is 0. The Morgan fingerprint density at radius 2 is 0.491 bits per heavy atom. The van der Waals surface area contributed by atoms with E-state index in [9.17, 15) is 0 Å². The fraction of sp³-hybridized carbons (Fsp3) is 0.0442. The predicted octanol–water partition coefficient (Wildman–Crippen LogP) is 29.2. The summed E-state index contributed by atoms with van der Waals surface area (Å²) in [5.74, 6) is 0. The molecule has 3 nitrogen and oxygen atoms in total. The first-order chi connectivity index (χ1) is 57.3. The molecule has 0 amide bonds. The van der Waals surface area contributed by atoms with Gasteiger partial charge in [-0.25, -0.2) is 0 Å². The van der Waals surface area contributed by atoms with Crippen molar-refractivity contribution in [3.8, 4) is 77.9 Å². The molecule has 0 unspecified atom stereocenters. The average Bonchev–Trinajstić information content (AvgIpc) is 1.51. The first kappa shape index (κ1) is 67.1. The molecular formula is C113H76N2O. The standard InChI is InChI=1S/C113H76N2O/c1-73-47-61-93-96-65-59-86(70-106(96)111(104(93)67-73,78-29-10-4-11-30-78)79-31-12-5-13-32-79)115(87-60-66-97-94-62-48-74(2)68-105(94)112(107(97)71-87,80-33-14-6-15-34-80)81-35-16-7-17-36-81)84-57-63-88(100(69-84)75-27-8-3-9-28-75)76-49-53-82(54-50-76)114(83-55-51-77(52-56-83)89-41-26-42-99-98-40-21-25-46-109(98)116-110(89)99)85-58-64-95-92-39-20-24-45-103(92)113(108(95)72-85)101-43-22-18-37-90(101)91-38-19-23-44-102(91)113/h3-72H,1-2H3. The zero-order valence-electron chi connectivity index (χ0n) is 64.2. The van der Waals surface area contributed by atoms with Crippen LogP contribution in [0.25, 0.3) is 99.8 Å². The van der Waals surface area contributed by atoms with Crippen LogP contribution in [0.3, 0.4) is 0 Å². The van der Waals surface area contributed by atoms with Gasteiger partial charge < -0.3 is 14.2 Å². The summed E-state index contributed by atoms with van der Waals surface area (Å²) in [4.78, 5) is 5.01. The monoisotopic (exact) mass is 1480 g/mol. The highest BCUT2D eigenvalue weighted by molar-refractivity contribution is 6.10. The van der Waals surface area contributed by atoms with Crippen LogP contribution >= 0.6 is 0 Å². The third-order valence-corrected chi connectivity index (χ3v) is 25.8. The molecule has 1 spiro atoms. The summed E-state index contributed by atoms with van der Waals surface area (Å²) in [5.41, 5.74) is 40.6. The lowest BCUT2D eigenvalue weighted by atomic mass is 9.67. The van der Waals surface area contributed by atoms with Crippen molar-refractivity contribution in [3.63, 3.8) is 0 Å². The van der Waals surface area contributed by atoms with E-state index in [0.717, 1.165) is 89.4 Å². The number of hydrogen-bond acceptors (Lipinski definition) is 3. The topological polar surface area (TPSA) is 19.6 Å². The first-order valence-corrected chi connectivity index (χ1v) is 40.4. The highest BCUT2D eigenvalue weighted by atomic mass is 16.3. The number of para-hydroxylation sites is 2. The van der Waals surface area contributed by atoms with Crippen molar-refractivity contribution in [1.82, 2.24) is 0 Å². The lowest BCUT2D eigenvalue weighted by Gasteiger charge is -2.36. The Balaban J connectivity index is 0.718. The van der Waals surface area contributed by atoms with Crippen molar-refractivity contribution in [2.75, 3.05) is 9.80 Å². The minimum atomic E-state index is -0.646. The lowest BCUT2D eigenvalue weighted by Crippen LogP contribution is -2.29. The van der Waals surface area contributed by atoms with Crippen LogP contribution < -0.4 is 9.80 Å². The Morgan fingerprint density at radius 1 is 0.190 bits per heavy atom. The number of aryl methyl sites for hydroxylation is 2. The molecule has 0 atom stereocenters. The third kappa shape index (κ3) is 9.79. The van der Waals surface area contributed by atoms with Crippen LogP contribution in [0.4, 0.5) is 34.1 Å². The molecule has 0 aliphatic heterocycles. The van der Waals surface area contributed by atoms with Crippen LogP contribution in [-0.4, -0.2) is 0 Å². The molecule has 0 saturated heterocycles. The average molecular weight is 1480 g/mol. The number of hydrogen-bond donors (Lipinski definition) is 0. The van der Waals surface area contributed by atoms with Crippen LogP contribution in [0, 0.1) is 13.8 Å². The van der Waals surface area contributed by atoms with E-state index in [4.69, 9.17) is 4.42 Å². The van der Waals surface area contributed by atoms with Gasteiger partial charge in [-0.1, -0.05) is 357 Å². The van der Waals surface area contributed by atoms with Gasteiger partial charge in [0.15, 0.2) is 0 Å². The van der Waals surface area contributed by atoms with Crippen LogP contribution in [0.1, 0.15) is 77.9 Å². The van der Waals surface area contributed by atoms with Crippen LogP contribution in [-0.2, 0) is 16.2 Å². The van der Waals surface area contributed by atoms with Crippen molar-refractivity contribution < 1.29 is 4.42 Å². The van der Waals surface area contributed by atoms with Gasteiger partial charge in [-0.2, -0.15) is 0 Å². The van der Waals surface area contributed by atoms with E-state index in [1.165, 1.54) is 122 Å². The summed E-state index contributed by atoms with van der Waals surface area (Å²) in [6.07, 6.45) is 0. The fourth-order valence-electron chi connectivity index (χ4n) is 20.9. The molecule has 0 saturated carbocycles. The molecule has 1 aromatic heterocycles. The van der Waals surface area contributed by atoms with Gasteiger partial charge in [-0.05, 0) is 232 Å². The second kappa shape index (κ2) is 26.2. The SMILES string of the molecule is Cc1ccc2c(c1)C(c1ccccc1)(c1ccccc1)c1cc(N(c3ccc(-c4ccc(N(c5ccc(-c6cccc7c6oc6ccccc67)cc5)c5ccc6c(c5)C5(c7ccccc7-c7ccccc75)c5ccccc5-6)cc4)c(-c4ccccc4)c3)c3ccc4c(c3)C(c3ccccc3)(c3ccccc3)c3cc(C)ccc3-4)ccc1-2. The molecule has 4 aliphatic rings. The van der Waals surface area contributed by atoms with E-state index in [1.807, 2.05) is 6.07 Å². The number of furan rings is 1. The third-order valence-electron chi connectivity index (χ3n) is 25.8. The van der Waals surface area contributed by atoms with Crippen molar-refractivity contribution in [2.45, 2.75) is 30.1 Å². The van der Waals surface area contributed by atoms with Gasteiger partial charge in [0, 0.05) is 50.5 Å². The highest BCUT2D eigenvalue weighted by Crippen LogP contribution is 2.65. The van der Waals surface area contributed by atoms with Crippen molar-refractivity contribution in [1.29, 1.82) is 0 Å². The highest BCUT2D eigenvalue weighted by Gasteiger charge is 2.53. The molecule has 0 N–H and O–H groups in total. The Labute approximate surface area is 676 Å². The predicted molar refractivity (Wildman–Crippen MR) is 480 cm³/mol. The smallest absolute Gasteiger partial charge is 0.143 e. The van der Waals surface area contributed by atoms with Gasteiger partial charge in [0.1, 0.15) is 11.2 Å². The van der Waals surface area contributed by atoms with Crippen LogP contribution in [0.5, 0.6) is 0 Å². The van der Waals surface area contributed by atoms with E-state index < -0.39 is 16.2 Å². The molecular weight excluding hydrogens is 1400 g/mol. The molecule has 1 heterocycles. The molecule has 23 rings (SSSR count). The van der Waals surface area contributed by atoms with Gasteiger partial charge in [0.25, 0.3) is 0 Å². The number of benzene rings is 18. The first-order valence-electron chi connectivity index (χ1n) is 40.4. The second-order valence-electron chi connectivity index (χ2n) is 31.8. The van der Waals surface area contributed by atoms with E-state index in [2.05, 4.69) is 442 Å². The molecule has 0 radical (unpaired) electrons. The Kier molecular flexibility index (Phi) is 15.2. The second-order valence-corrected chi connectivity index (χ2v) is 31.8. The van der Waals surface area contributed by atoms with Crippen LogP contribution in [0.15, 0.2) is 429 Å². The van der Waals surface area contributed by atoms with E-state index in [1.54, 1.807) is 0 Å². The van der Waals surface area contributed by atoms with Gasteiger partial charge in [0.05, 0.1) is 16.2 Å². The minimum absolute atomic E-state index is 0.531. The van der Waals surface area contributed by atoms with Crippen molar-refractivity contribution in [2.24, 2.45) is 0 Å². The number of anilines is 6. The Morgan fingerprint density at radius 3 is 0.940 bits per heavy atom. The quantitative estimate of drug-likeness (QED) is 0.115. The van der Waals surface area contributed by atoms with E-state index >= 15 is 0 Å². The van der Waals surface area contributed by atoms with Gasteiger partial charge >= 0.3 is 0 Å². The van der Waals surface area contributed by atoms with Gasteiger partial charge in [-0.3, -0.25) is 0 Å². The van der Waals surface area contributed by atoms with Crippen LogP contribution in [0.2, 0.25) is 0 Å². The Hall–Kier alpha value is -14.6. The molecule has 0 fully saturated rings. The number of fused-ring (bicyclic) bond motifs is 19. The molecule has 18 aromatic carbocycles. The largest absolute Gasteiger partial charge is 0.455 e. The normalized spacial score (nSPS) is 13.6. The minimum Gasteiger partial charge on any atom is -0.455 e. The molecule has 0 bridgehead atoms. The summed E-state index contributed by atoms with van der Waals surface area (Å²) < 4.78 is 6.67. The maximum absolute atomic E-state index is 6.67. The van der Waals surface area contributed by atoms with Crippen molar-refractivity contribution >= 4 is 56.1 Å². The lowest BCUT2D eigenvalue weighted by molar-refractivity contribution is 0.670. The summed E-state index contributed by atoms with van der Waals surface area (Å²) in [7, 11) is 0. The summed E-state index contributed by atoms with van der Waals surface area (Å²) in [6.45, 7) is 4.46. The molecule has 4 aliphatic carbocycles. The number of rotatable bonds is 13. The zero-order chi connectivity index (χ0) is 76.8. The summed E-state index contributed by atoms with van der Waals surface area (Å²) in [5, 5.41) is 2.23. The summed E-state index contributed by atoms with van der Waals surface area (Å²) in [6, 6.07) is 160. The van der Waals surface area contributed by atoms with Gasteiger partial charge in [0.2, 0.25) is 0 Å². The molecule has 544 valence electrons. The molecule has 3 heteroatoms. The Bertz CT molecular complexity index is 6810. The van der Waals surface area contributed by atoms with E-state index in [-0.39, 0.29) is 0 Å². The van der Waals surface area contributed by atoms with E-state index in [0.29, 0.717) is 0 Å². The number of nitrogens with zero attached hydrogens (tertiary/aromatic N) is 2. The zero-order valence-corrected chi connectivity index (χ0v) is 64.2. The molecule has 116 heavy (non-hydrogen) atoms. The molecule has 19 aromatic rings. The van der Waals surface area contributed by atoms with Crippen molar-refractivity contribution in [3.05, 3.63) is 503 Å². The van der Waals surface area contributed by atoms with Gasteiger partial charge in [-0.15, -0.1) is 0 Å². The fourth-order valence-corrected chi connectivity index (χ4v) is 20.9. The maximum Gasteiger partial charge on any atom is 0.143 e.